The van der Waals surface area contributed by atoms with Crippen LogP contribution in [0.5, 0.6) is 0 Å². The Balaban J connectivity index is 1.27. The number of nitrogens with zero attached hydrogens (tertiary/aromatic N) is 4. The minimum absolute atomic E-state index is 0.174. The van der Waals surface area contributed by atoms with Crippen molar-refractivity contribution in [2.75, 3.05) is 11.1 Å². The lowest BCUT2D eigenvalue weighted by Gasteiger charge is -2.03. The SMILES string of the molecule is O=C(CSc1nc(C2CC2)n(-c2ccccc2)n1)Nc1nc2ccc(F)cc2s1. The van der Waals surface area contributed by atoms with E-state index in [-0.39, 0.29) is 17.5 Å². The number of aromatic nitrogens is 4. The van der Waals surface area contributed by atoms with Crippen LogP contribution in [0, 0.1) is 5.82 Å². The van der Waals surface area contributed by atoms with Gasteiger partial charge in [-0.2, -0.15) is 0 Å². The number of benzene rings is 2. The zero-order valence-electron chi connectivity index (χ0n) is 15.2. The molecule has 4 aromatic rings. The van der Waals surface area contributed by atoms with E-state index < -0.39 is 0 Å². The van der Waals surface area contributed by atoms with E-state index in [1.54, 1.807) is 6.07 Å². The Labute approximate surface area is 174 Å². The molecule has 0 spiro atoms. The van der Waals surface area contributed by atoms with Crippen LogP contribution in [-0.2, 0) is 4.79 Å². The second-order valence-electron chi connectivity index (χ2n) is 6.74. The first kappa shape index (κ1) is 18.3. The second kappa shape index (κ2) is 7.57. The second-order valence-corrected chi connectivity index (χ2v) is 8.72. The molecule has 0 saturated heterocycles. The Morgan fingerprint density at radius 3 is 2.83 bits per heavy atom. The molecule has 1 saturated carbocycles. The van der Waals surface area contributed by atoms with Crippen molar-refractivity contribution < 1.29 is 9.18 Å². The highest BCUT2D eigenvalue weighted by atomic mass is 32.2. The molecule has 2 aromatic carbocycles. The van der Waals surface area contributed by atoms with Crippen LogP contribution in [0.25, 0.3) is 15.9 Å². The lowest BCUT2D eigenvalue weighted by molar-refractivity contribution is -0.113. The molecular weight excluding hydrogens is 409 g/mol. The van der Waals surface area contributed by atoms with E-state index in [4.69, 9.17) is 0 Å². The third-order valence-corrected chi connectivity index (χ3v) is 6.26. The minimum atomic E-state index is -0.318. The van der Waals surface area contributed by atoms with Gasteiger partial charge in [0.1, 0.15) is 11.6 Å². The van der Waals surface area contributed by atoms with E-state index in [0.29, 0.717) is 26.4 Å². The molecule has 1 fully saturated rings. The maximum atomic E-state index is 13.3. The highest BCUT2D eigenvalue weighted by Crippen LogP contribution is 2.40. The van der Waals surface area contributed by atoms with Gasteiger partial charge in [-0.25, -0.2) is 19.0 Å². The van der Waals surface area contributed by atoms with E-state index >= 15 is 0 Å². The smallest absolute Gasteiger partial charge is 0.236 e. The van der Waals surface area contributed by atoms with Gasteiger partial charge in [0.05, 0.1) is 21.7 Å². The van der Waals surface area contributed by atoms with Crippen LogP contribution in [0.1, 0.15) is 24.6 Å². The number of hydrogen-bond donors (Lipinski definition) is 1. The van der Waals surface area contributed by atoms with Crippen LogP contribution in [0.2, 0.25) is 0 Å². The van der Waals surface area contributed by atoms with Gasteiger partial charge in [-0.3, -0.25) is 4.79 Å². The number of thioether (sulfide) groups is 1. The van der Waals surface area contributed by atoms with Crippen molar-refractivity contribution in [2.24, 2.45) is 0 Å². The summed E-state index contributed by atoms with van der Waals surface area (Å²) in [5.41, 5.74) is 1.64. The number of nitrogens with one attached hydrogen (secondary N) is 1. The minimum Gasteiger partial charge on any atom is -0.301 e. The van der Waals surface area contributed by atoms with E-state index in [1.165, 1.54) is 35.2 Å². The highest BCUT2D eigenvalue weighted by molar-refractivity contribution is 7.99. The molecule has 6 nitrogen and oxygen atoms in total. The van der Waals surface area contributed by atoms with Crippen molar-refractivity contribution in [2.45, 2.75) is 23.9 Å². The van der Waals surface area contributed by atoms with Gasteiger partial charge in [-0.05, 0) is 43.2 Å². The van der Waals surface area contributed by atoms with Gasteiger partial charge >= 0.3 is 0 Å². The van der Waals surface area contributed by atoms with E-state index in [0.717, 1.165) is 24.4 Å². The Morgan fingerprint density at radius 1 is 1.21 bits per heavy atom. The summed E-state index contributed by atoms with van der Waals surface area (Å²) in [5, 5.41) is 8.41. The normalized spacial score (nSPS) is 13.7. The number of fused-ring (bicyclic) bond motifs is 1. The molecule has 0 unspecified atom stereocenters. The van der Waals surface area contributed by atoms with Gasteiger partial charge in [-0.1, -0.05) is 41.3 Å². The van der Waals surface area contributed by atoms with E-state index in [9.17, 15) is 9.18 Å². The topological polar surface area (TPSA) is 72.7 Å². The molecule has 9 heteroatoms. The van der Waals surface area contributed by atoms with Crippen LogP contribution >= 0.6 is 23.1 Å². The predicted molar refractivity (Wildman–Crippen MR) is 112 cm³/mol. The van der Waals surface area contributed by atoms with E-state index in [2.05, 4.69) is 20.4 Å². The lowest BCUT2D eigenvalue weighted by atomic mass is 10.3. The number of carbonyl (C=O) groups is 1. The molecule has 0 bridgehead atoms. The fourth-order valence-corrected chi connectivity index (χ4v) is 4.50. The Morgan fingerprint density at radius 2 is 2.03 bits per heavy atom. The summed E-state index contributed by atoms with van der Waals surface area (Å²) in [6.07, 6.45) is 2.24. The predicted octanol–water partition coefficient (Wildman–Crippen LogP) is 4.62. The largest absolute Gasteiger partial charge is 0.301 e. The van der Waals surface area contributed by atoms with Crippen LogP contribution in [0.4, 0.5) is 9.52 Å². The van der Waals surface area contributed by atoms with Crippen LogP contribution in [0.3, 0.4) is 0 Å². The Hall–Kier alpha value is -2.78. The molecule has 146 valence electrons. The van der Waals surface area contributed by atoms with Crippen molar-refractivity contribution in [1.82, 2.24) is 19.7 Å². The van der Waals surface area contributed by atoms with Gasteiger partial charge < -0.3 is 5.32 Å². The highest BCUT2D eigenvalue weighted by Gasteiger charge is 2.30. The summed E-state index contributed by atoms with van der Waals surface area (Å²) in [4.78, 5) is 21.3. The van der Waals surface area contributed by atoms with Crippen molar-refractivity contribution in [3.05, 3.63) is 60.2 Å². The number of halogens is 1. The van der Waals surface area contributed by atoms with Gasteiger partial charge in [-0.15, -0.1) is 5.10 Å². The summed E-state index contributed by atoms with van der Waals surface area (Å²) in [5.74, 6) is 1.05. The lowest BCUT2D eigenvalue weighted by Crippen LogP contribution is -2.13. The van der Waals surface area contributed by atoms with Gasteiger partial charge in [0.2, 0.25) is 11.1 Å². The monoisotopic (exact) mass is 425 g/mol. The first-order valence-electron chi connectivity index (χ1n) is 9.17. The number of amides is 1. The van der Waals surface area contributed by atoms with Gasteiger partial charge in [0.15, 0.2) is 5.13 Å². The van der Waals surface area contributed by atoms with Gasteiger partial charge in [0, 0.05) is 5.92 Å². The molecule has 1 N–H and O–H groups in total. The molecule has 2 aromatic heterocycles. The standard InChI is InChI=1S/C20H16FN5OS2/c21-13-8-9-15-16(10-13)29-19(22-15)23-17(27)11-28-20-24-18(12-6-7-12)26(25-20)14-4-2-1-3-5-14/h1-5,8-10,12H,6-7,11H2,(H,22,23,27). The summed E-state index contributed by atoms with van der Waals surface area (Å²) in [6.45, 7) is 0. The maximum absolute atomic E-state index is 13.3. The molecule has 1 aliphatic rings. The molecule has 1 amide bonds. The molecule has 29 heavy (non-hydrogen) atoms. The third kappa shape index (κ3) is 4.01. The molecule has 0 radical (unpaired) electrons. The maximum Gasteiger partial charge on any atom is 0.236 e. The number of para-hydroxylation sites is 1. The van der Waals surface area contributed by atoms with Crippen LogP contribution < -0.4 is 5.32 Å². The summed E-state index contributed by atoms with van der Waals surface area (Å²) >= 11 is 2.54. The fraction of sp³-hybridized carbons (Fsp3) is 0.200. The molecule has 0 atom stereocenters. The first-order valence-corrected chi connectivity index (χ1v) is 11.0. The number of anilines is 1. The zero-order valence-corrected chi connectivity index (χ0v) is 16.8. The zero-order chi connectivity index (χ0) is 19.8. The number of thiazole rings is 1. The summed E-state index contributed by atoms with van der Waals surface area (Å²) in [6, 6.07) is 14.3. The van der Waals surface area contributed by atoms with Crippen molar-refractivity contribution >= 4 is 44.4 Å². The van der Waals surface area contributed by atoms with Crippen LogP contribution in [-0.4, -0.2) is 31.4 Å². The number of carbonyl (C=O) groups excluding carboxylic acids is 1. The molecular formula is C20H16FN5OS2. The van der Waals surface area contributed by atoms with Crippen molar-refractivity contribution in [1.29, 1.82) is 0 Å². The first-order chi connectivity index (χ1) is 14.2. The third-order valence-electron chi connectivity index (χ3n) is 4.49. The van der Waals surface area contributed by atoms with Crippen molar-refractivity contribution in [3.63, 3.8) is 0 Å². The fourth-order valence-electron chi connectivity index (χ4n) is 2.97. The number of rotatable bonds is 6. The van der Waals surface area contributed by atoms with Gasteiger partial charge in [0.25, 0.3) is 0 Å². The average Bonchev–Trinajstić information content (AvgIpc) is 3.36. The molecule has 1 aliphatic carbocycles. The Kier molecular flexibility index (Phi) is 4.76. The number of hydrogen-bond acceptors (Lipinski definition) is 6. The average molecular weight is 426 g/mol. The molecule has 5 rings (SSSR count). The van der Waals surface area contributed by atoms with Crippen molar-refractivity contribution in [3.8, 4) is 5.69 Å². The molecule has 2 heterocycles. The Bertz CT molecular complexity index is 1190. The summed E-state index contributed by atoms with van der Waals surface area (Å²) in [7, 11) is 0. The quantitative estimate of drug-likeness (QED) is 0.456. The van der Waals surface area contributed by atoms with E-state index in [1.807, 2.05) is 35.0 Å². The molecule has 0 aliphatic heterocycles. The van der Waals surface area contributed by atoms with Crippen LogP contribution in [0.15, 0.2) is 53.7 Å². The summed E-state index contributed by atoms with van der Waals surface area (Å²) < 4.78 is 15.9.